The molecule has 0 spiro atoms. The minimum atomic E-state index is -1.15. The van der Waals surface area contributed by atoms with Gasteiger partial charge in [-0.1, -0.05) is 60.1 Å². The average Bonchev–Trinajstić information content (AvgIpc) is 3.41. The number of likely N-dealkylation sites (N-methyl/N-ethyl adjacent to an activating group) is 1. The summed E-state index contributed by atoms with van der Waals surface area (Å²) in [4.78, 5) is 48.6. The largest absolute Gasteiger partial charge is 0.481 e. The predicted octanol–water partition coefficient (Wildman–Crippen LogP) is 9.79. The van der Waals surface area contributed by atoms with Crippen molar-refractivity contribution >= 4 is 17.7 Å². The Kier molecular flexibility index (Phi) is 11.7. The van der Waals surface area contributed by atoms with Crippen molar-refractivity contribution in [1.82, 2.24) is 14.8 Å². The maximum absolute atomic E-state index is 14.3. The van der Waals surface area contributed by atoms with Crippen molar-refractivity contribution in [2.75, 3.05) is 33.7 Å². The lowest BCUT2D eigenvalue weighted by Crippen LogP contribution is -2.65. The summed E-state index contributed by atoms with van der Waals surface area (Å²) < 4.78 is 6.21. The maximum Gasteiger partial charge on any atom is 0.309 e. The number of rotatable bonds is 13. The van der Waals surface area contributed by atoms with Crippen LogP contribution in [0.5, 0.6) is 0 Å². The van der Waals surface area contributed by atoms with Crippen LogP contribution in [0, 0.1) is 56.2 Å². The van der Waals surface area contributed by atoms with E-state index in [-0.39, 0.29) is 51.6 Å². The lowest BCUT2D eigenvalue weighted by Gasteiger charge is -2.72. The van der Waals surface area contributed by atoms with Crippen LogP contribution in [0.2, 0.25) is 0 Å². The number of carboxylic acids is 1. The van der Waals surface area contributed by atoms with Gasteiger partial charge in [0, 0.05) is 48.8 Å². The molecule has 0 radical (unpaired) electrons. The molecule has 5 aliphatic carbocycles. The highest BCUT2D eigenvalue weighted by molar-refractivity contribution is 6.00. The van der Waals surface area contributed by atoms with Gasteiger partial charge in [0.15, 0.2) is 5.78 Å². The van der Waals surface area contributed by atoms with E-state index >= 15 is 0 Å². The zero-order valence-electron chi connectivity index (χ0n) is 37.1. The molecule has 4 saturated carbocycles. The van der Waals surface area contributed by atoms with Gasteiger partial charge >= 0.3 is 11.9 Å². The quantitative estimate of drug-likeness (QED) is 0.198. The number of carbonyl (C=O) groups is 3. The summed E-state index contributed by atoms with van der Waals surface area (Å²) in [5.74, 6) is 0.621. The SMILES string of the molecule is CC(C)C1=C2[C@H]3CCC4[C@@]5(C)CC[C@H](OC(=O)CC(C)(C)C(=O)O)C(C)(C)C5CC[C@@]4(C)[C@]3(C)CC[C@@]2(CCN(CCN(C)C)[C@H](C)c2cccnc2)CC1=O. The predicted molar refractivity (Wildman–Crippen MR) is 223 cm³/mol. The lowest BCUT2D eigenvalue weighted by atomic mass is 9.33. The molecule has 0 aliphatic heterocycles. The van der Waals surface area contributed by atoms with E-state index in [1.54, 1.807) is 19.4 Å². The second-order valence-electron chi connectivity index (χ2n) is 21.7. The van der Waals surface area contributed by atoms with Gasteiger partial charge in [0.05, 0.1) is 11.8 Å². The Balaban J connectivity index is 1.27. The van der Waals surface area contributed by atoms with Gasteiger partial charge in [0.25, 0.3) is 0 Å². The standard InChI is InChI=1S/C48H75N3O5/c1-31(2)40-35(52)28-48(23-25-51(27-26-50(11)12)32(3)33-14-13-24-49-30-33)22-21-46(9)34(41(40)48)15-16-37-45(8)19-18-38(56-39(53)29-43(4,5)42(54)55)44(6,7)36(45)17-20-47(37,46)10/h13-14,24,30-32,34,36-38H,15-23,25-29H2,1-12H3,(H,54,55)/t32-,34-,36?,37?,38+,45+,46-,47-,48-/m1/s1. The molecule has 1 aromatic heterocycles. The Hall–Kier alpha value is -2.58. The molecule has 0 aromatic carbocycles. The Labute approximate surface area is 339 Å². The molecule has 0 bridgehead atoms. The molecule has 2 unspecified atom stereocenters. The number of carboxylic acid groups (broad SMARTS) is 1. The highest BCUT2D eigenvalue weighted by Gasteiger charge is 2.70. The second kappa shape index (κ2) is 15.2. The molecule has 1 heterocycles. The first kappa shape index (κ1) is 43.0. The fourth-order valence-corrected chi connectivity index (χ4v) is 13.9. The highest BCUT2D eigenvalue weighted by Crippen LogP contribution is 2.77. The molecule has 4 fully saturated rings. The van der Waals surface area contributed by atoms with Gasteiger partial charge in [-0.2, -0.15) is 0 Å². The number of Topliss-reactive ketones (excluding diaryl/α,β-unsaturated/α-hetero) is 1. The summed E-state index contributed by atoms with van der Waals surface area (Å²) >= 11 is 0. The summed E-state index contributed by atoms with van der Waals surface area (Å²) in [6.07, 6.45) is 13.8. The van der Waals surface area contributed by atoms with E-state index in [9.17, 15) is 19.5 Å². The number of nitrogens with zero attached hydrogens (tertiary/aromatic N) is 3. The molecule has 0 amide bonds. The monoisotopic (exact) mass is 774 g/mol. The summed E-state index contributed by atoms with van der Waals surface area (Å²) in [5.41, 5.74) is 2.86. The molecule has 6 rings (SSSR count). The Morgan fingerprint density at radius 3 is 2.27 bits per heavy atom. The van der Waals surface area contributed by atoms with E-state index in [1.165, 1.54) is 12.0 Å². The number of aliphatic carboxylic acids is 1. The number of fused-ring (bicyclic) bond motifs is 7. The first-order valence-electron chi connectivity index (χ1n) is 22.0. The smallest absolute Gasteiger partial charge is 0.309 e. The maximum atomic E-state index is 14.3. The van der Waals surface area contributed by atoms with Crippen molar-refractivity contribution in [2.45, 2.75) is 152 Å². The Bertz CT molecular complexity index is 1680. The molecule has 8 heteroatoms. The molecule has 312 valence electrons. The number of hydrogen-bond acceptors (Lipinski definition) is 7. The molecule has 9 atom stereocenters. The van der Waals surface area contributed by atoms with Gasteiger partial charge in [-0.05, 0) is 156 Å². The fourth-order valence-electron chi connectivity index (χ4n) is 13.9. The number of allylic oxidation sites excluding steroid dienone is 2. The lowest BCUT2D eigenvalue weighted by molar-refractivity contribution is -0.233. The van der Waals surface area contributed by atoms with E-state index in [0.29, 0.717) is 30.0 Å². The molecule has 8 nitrogen and oxygen atoms in total. The zero-order chi connectivity index (χ0) is 41.2. The second-order valence-corrected chi connectivity index (χ2v) is 21.7. The average molecular weight is 774 g/mol. The third kappa shape index (κ3) is 7.13. The minimum Gasteiger partial charge on any atom is -0.481 e. The van der Waals surface area contributed by atoms with Crippen LogP contribution in [-0.4, -0.2) is 77.4 Å². The van der Waals surface area contributed by atoms with Crippen LogP contribution in [0.4, 0.5) is 0 Å². The van der Waals surface area contributed by atoms with Gasteiger partial charge in [0.1, 0.15) is 6.10 Å². The number of ether oxygens (including phenoxy) is 1. The van der Waals surface area contributed by atoms with Crippen LogP contribution in [0.3, 0.4) is 0 Å². The third-order valence-electron chi connectivity index (χ3n) is 17.4. The van der Waals surface area contributed by atoms with Crippen LogP contribution in [0.1, 0.15) is 151 Å². The summed E-state index contributed by atoms with van der Waals surface area (Å²) in [6, 6.07) is 4.48. The van der Waals surface area contributed by atoms with Crippen molar-refractivity contribution < 1.29 is 24.2 Å². The number of aromatic nitrogens is 1. The van der Waals surface area contributed by atoms with E-state index in [0.717, 1.165) is 76.6 Å². The molecule has 5 aliphatic rings. The van der Waals surface area contributed by atoms with Crippen molar-refractivity contribution in [3.63, 3.8) is 0 Å². The summed E-state index contributed by atoms with van der Waals surface area (Å²) in [7, 11) is 4.30. The summed E-state index contributed by atoms with van der Waals surface area (Å²) in [6.45, 7) is 25.4. The van der Waals surface area contributed by atoms with Crippen molar-refractivity contribution in [1.29, 1.82) is 0 Å². The van der Waals surface area contributed by atoms with Crippen molar-refractivity contribution in [3.8, 4) is 0 Å². The molecular formula is C48H75N3O5. The van der Waals surface area contributed by atoms with Crippen molar-refractivity contribution in [3.05, 3.63) is 41.2 Å². The number of hydrogen-bond donors (Lipinski definition) is 1. The zero-order valence-corrected chi connectivity index (χ0v) is 37.1. The molecular weight excluding hydrogens is 699 g/mol. The van der Waals surface area contributed by atoms with Gasteiger partial charge in [-0.25, -0.2) is 0 Å². The molecule has 1 aromatic rings. The molecule has 56 heavy (non-hydrogen) atoms. The number of pyridine rings is 1. The Morgan fingerprint density at radius 1 is 0.929 bits per heavy atom. The molecule has 0 saturated heterocycles. The first-order chi connectivity index (χ1) is 26.0. The number of carbonyl (C=O) groups excluding carboxylic acids is 2. The van der Waals surface area contributed by atoms with E-state index in [1.807, 2.05) is 18.5 Å². The summed E-state index contributed by atoms with van der Waals surface area (Å²) in [5, 5.41) is 9.65. The van der Waals surface area contributed by atoms with Crippen molar-refractivity contribution in [2.24, 2.45) is 56.2 Å². The Morgan fingerprint density at radius 2 is 1.64 bits per heavy atom. The van der Waals surface area contributed by atoms with Gasteiger partial charge in [-0.15, -0.1) is 0 Å². The van der Waals surface area contributed by atoms with Crippen LogP contribution in [0.25, 0.3) is 0 Å². The molecule has 1 N–H and O–H groups in total. The normalized spacial score (nSPS) is 35.9. The first-order valence-corrected chi connectivity index (χ1v) is 22.0. The fraction of sp³-hybridized carbons (Fsp3) is 0.792. The highest BCUT2D eigenvalue weighted by atomic mass is 16.5. The van der Waals surface area contributed by atoms with Gasteiger partial charge in [-0.3, -0.25) is 24.3 Å². The topological polar surface area (TPSA) is 100 Å². The number of ketones is 1. The van der Waals surface area contributed by atoms with E-state index < -0.39 is 17.4 Å². The van der Waals surface area contributed by atoms with Crippen LogP contribution in [0.15, 0.2) is 35.7 Å². The van der Waals surface area contributed by atoms with Gasteiger partial charge in [0.2, 0.25) is 0 Å². The van der Waals surface area contributed by atoms with Crippen LogP contribution in [-0.2, 0) is 19.1 Å². The third-order valence-corrected chi connectivity index (χ3v) is 17.4. The van der Waals surface area contributed by atoms with E-state index in [4.69, 9.17) is 4.74 Å². The minimum absolute atomic E-state index is 0.0741. The van der Waals surface area contributed by atoms with Crippen LogP contribution < -0.4 is 0 Å². The van der Waals surface area contributed by atoms with Crippen LogP contribution >= 0.6 is 0 Å². The number of esters is 1. The van der Waals surface area contributed by atoms with E-state index in [2.05, 4.69) is 90.3 Å². The van der Waals surface area contributed by atoms with Gasteiger partial charge < -0.3 is 14.7 Å².